The molecule has 30 heavy (non-hydrogen) atoms. The van der Waals surface area contributed by atoms with Gasteiger partial charge in [0.15, 0.2) is 5.65 Å². The molecule has 4 rings (SSSR count). The lowest BCUT2D eigenvalue weighted by Crippen LogP contribution is -2.15. The van der Waals surface area contributed by atoms with Crippen molar-refractivity contribution in [3.05, 3.63) is 41.6 Å². The number of hydrogen-bond donors (Lipinski definition) is 0. The van der Waals surface area contributed by atoms with Gasteiger partial charge >= 0.3 is 12.1 Å². The first kappa shape index (κ1) is 20.2. The molecule has 1 aliphatic rings. The molecule has 1 aromatic carbocycles. The van der Waals surface area contributed by atoms with Crippen LogP contribution in [0.15, 0.2) is 30.3 Å². The van der Waals surface area contributed by atoms with Gasteiger partial charge in [0.1, 0.15) is 12.3 Å². The van der Waals surface area contributed by atoms with Crippen LogP contribution >= 0.6 is 0 Å². The smallest absolute Gasteiger partial charge is 0.417 e. The summed E-state index contributed by atoms with van der Waals surface area (Å²) in [7, 11) is 1.48. The molecule has 6 nitrogen and oxygen atoms in total. The molecule has 1 saturated carbocycles. The van der Waals surface area contributed by atoms with E-state index in [1.807, 2.05) is 0 Å². The highest BCUT2D eigenvalue weighted by atomic mass is 19.4. The molecular formula is C21H20F3N3O3. The van der Waals surface area contributed by atoms with Gasteiger partial charge in [-0.3, -0.25) is 4.79 Å². The molecule has 0 radical (unpaired) electrons. The van der Waals surface area contributed by atoms with Crippen molar-refractivity contribution in [2.45, 2.75) is 38.4 Å². The number of methoxy groups -OCH3 is 1. The van der Waals surface area contributed by atoms with Gasteiger partial charge in [0.2, 0.25) is 0 Å². The molecule has 0 spiro atoms. The van der Waals surface area contributed by atoms with E-state index in [9.17, 15) is 18.0 Å². The van der Waals surface area contributed by atoms with Crippen LogP contribution in [0.4, 0.5) is 13.2 Å². The summed E-state index contributed by atoms with van der Waals surface area (Å²) in [6.07, 6.45) is -3.07. The Morgan fingerprint density at radius 2 is 2.03 bits per heavy atom. The van der Waals surface area contributed by atoms with Crippen molar-refractivity contribution in [1.82, 2.24) is 14.8 Å². The summed E-state index contributed by atoms with van der Waals surface area (Å²) in [6.45, 7) is 1.53. The summed E-state index contributed by atoms with van der Waals surface area (Å²) < 4.78 is 53.5. The van der Waals surface area contributed by atoms with Crippen LogP contribution in [0, 0.1) is 0 Å². The van der Waals surface area contributed by atoms with Crippen molar-refractivity contribution in [3.8, 4) is 17.0 Å². The number of carbonyl (C=O) groups excluding carboxylic acids is 1. The van der Waals surface area contributed by atoms with E-state index in [0.29, 0.717) is 17.0 Å². The van der Waals surface area contributed by atoms with Crippen molar-refractivity contribution >= 4 is 17.0 Å². The number of benzene rings is 1. The third-order valence-electron chi connectivity index (χ3n) is 4.95. The lowest BCUT2D eigenvalue weighted by atomic mass is 10.0. The third-order valence-corrected chi connectivity index (χ3v) is 4.95. The molecule has 0 N–H and O–H groups in total. The highest BCUT2D eigenvalue weighted by Crippen LogP contribution is 2.46. The molecule has 0 saturated heterocycles. The molecule has 0 unspecified atom stereocenters. The third kappa shape index (κ3) is 3.83. The summed E-state index contributed by atoms with van der Waals surface area (Å²) in [5.74, 6) is -0.130. The quantitative estimate of drug-likeness (QED) is 0.548. The maximum atomic E-state index is 14.0. The Bertz CT molecular complexity index is 1100. The molecule has 1 aliphatic carbocycles. The largest absolute Gasteiger partial charge is 0.497 e. The molecule has 9 heteroatoms. The Kier molecular flexibility index (Phi) is 5.13. The molecule has 1 fully saturated rings. The lowest BCUT2D eigenvalue weighted by Gasteiger charge is -2.12. The van der Waals surface area contributed by atoms with Gasteiger partial charge in [-0.15, -0.1) is 0 Å². The van der Waals surface area contributed by atoms with Gasteiger partial charge < -0.3 is 9.47 Å². The molecule has 0 aliphatic heterocycles. The van der Waals surface area contributed by atoms with Crippen LogP contribution < -0.4 is 4.74 Å². The van der Waals surface area contributed by atoms with Crippen molar-refractivity contribution < 1.29 is 27.4 Å². The van der Waals surface area contributed by atoms with E-state index >= 15 is 0 Å². The number of alkyl halides is 3. The van der Waals surface area contributed by atoms with Gasteiger partial charge in [0.25, 0.3) is 0 Å². The minimum atomic E-state index is -4.60. The fourth-order valence-electron chi connectivity index (χ4n) is 3.43. The maximum Gasteiger partial charge on any atom is 0.417 e. The highest BCUT2D eigenvalue weighted by molar-refractivity contribution is 5.87. The first-order valence-electron chi connectivity index (χ1n) is 9.60. The Morgan fingerprint density at radius 3 is 2.67 bits per heavy atom. The van der Waals surface area contributed by atoms with E-state index < -0.39 is 17.7 Å². The zero-order valence-electron chi connectivity index (χ0n) is 16.5. The predicted molar refractivity (Wildman–Crippen MR) is 103 cm³/mol. The number of nitrogens with zero attached hydrogens (tertiary/aromatic N) is 3. The summed E-state index contributed by atoms with van der Waals surface area (Å²) in [4.78, 5) is 16.5. The Labute approximate surface area is 170 Å². The first-order chi connectivity index (χ1) is 14.3. The number of aromatic nitrogens is 3. The normalized spacial score (nSPS) is 14.2. The van der Waals surface area contributed by atoms with Crippen molar-refractivity contribution in [2.24, 2.45) is 0 Å². The van der Waals surface area contributed by atoms with Crippen molar-refractivity contribution in [3.63, 3.8) is 0 Å². The minimum absolute atomic E-state index is 0.0256. The molecule has 0 amide bonds. The van der Waals surface area contributed by atoms with Crippen LogP contribution in [-0.4, -0.2) is 34.5 Å². The zero-order valence-corrected chi connectivity index (χ0v) is 16.5. The average Bonchev–Trinajstić information content (AvgIpc) is 3.49. The second-order valence-electron chi connectivity index (χ2n) is 7.11. The van der Waals surface area contributed by atoms with E-state index in [1.165, 1.54) is 11.8 Å². The van der Waals surface area contributed by atoms with E-state index in [1.54, 1.807) is 31.2 Å². The number of hydrogen-bond acceptors (Lipinski definition) is 5. The number of ether oxygens (including phenoxy) is 2. The van der Waals surface area contributed by atoms with Crippen LogP contribution in [-0.2, 0) is 22.3 Å². The number of halogens is 3. The van der Waals surface area contributed by atoms with Gasteiger partial charge in [0, 0.05) is 11.5 Å². The van der Waals surface area contributed by atoms with Crippen LogP contribution in [0.25, 0.3) is 22.3 Å². The van der Waals surface area contributed by atoms with Gasteiger partial charge in [-0.05, 0) is 38.0 Å². The van der Waals surface area contributed by atoms with Crippen molar-refractivity contribution in [1.29, 1.82) is 0 Å². The monoisotopic (exact) mass is 419 g/mol. The average molecular weight is 419 g/mol. The number of esters is 1. The molecule has 2 aromatic heterocycles. The second-order valence-corrected chi connectivity index (χ2v) is 7.11. The summed E-state index contributed by atoms with van der Waals surface area (Å²) in [5.41, 5.74) is 0.158. The van der Waals surface area contributed by atoms with Crippen LogP contribution in [0.3, 0.4) is 0 Å². The Hall–Kier alpha value is -3.10. The molecular weight excluding hydrogens is 399 g/mol. The Morgan fingerprint density at radius 1 is 1.27 bits per heavy atom. The topological polar surface area (TPSA) is 66.2 Å². The molecule has 3 aromatic rings. The molecule has 158 valence electrons. The number of pyridine rings is 1. The van der Waals surface area contributed by atoms with Gasteiger partial charge in [-0.1, -0.05) is 12.1 Å². The first-order valence-corrected chi connectivity index (χ1v) is 9.60. The van der Waals surface area contributed by atoms with Crippen LogP contribution in [0.5, 0.6) is 5.75 Å². The van der Waals surface area contributed by atoms with E-state index in [4.69, 9.17) is 9.47 Å². The van der Waals surface area contributed by atoms with Crippen molar-refractivity contribution in [2.75, 3.05) is 13.7 Å². The van der Waals surface area contributed by atoms with Crippen LogP contribution in [0.1, 0.15) is 36.9 Å². The fraction of sp³-hybridized carbons (Fsp3) is 0.381. The molecule has 0 atom stereocenters. The van der Waals surface area contributed by atoms with E-state index in [-0.39, 0.29) is 35.8 Å². The maximum absolute atomic E-state index is 14.0. The van der Waals surface area contributed by atoms with Gasteiger partial charge in [-0.25, -0.2) is 9.67 Å². The van der Waals surface area contributed by atoms with Gasteiger partial charge in [0.05, 0.1) is 36.1 Å². The van der Waals surface area contributed by atoms with E-state index in [2.05, 4.69) is 10.1 Å². The standard InChI is InChI=1S/C21H20F3N3O3/c1-3-30-17(28)11-27-20-18(19(26-27)12-7-8-12)15(21(22,23)24)10-16(25-20)13-5-4-6-14(9-13)29-2/h4-6,9-10,12H,3,7-8,11H2,1-2H3. The van der Waals surface area contributed by atoms with E-state index in [0.717, 1.165) is 18.9 Å². The predicted octanol–water partition coefficient (Wildman–Crippen LogP) is 4.57. The fourth-order valence-corrected chi connectivity index (χ4v) is 3.43. The summed E-state index contributed by atoms with van der Waals surface area (Å²) in [6, 6.07) is 7.69. The highest BCUT2D eigenvalue weighted by Gasteiger charge is 2.39. The summed E-state index contributed by atoms with van der Waals surface area (Å²) >= 11 is 0. The second kappa shape index (κ2) is 7.62. The number of fused-ring (bicyclic) bond motifs is 1. The Balaban J connectivity index is 1.95. The van der Waals surface area contributed by atoms with Crippen LogP contribution in [0.2, 0.25) is 0 Å². The molecule has 0 bridgehead atoms. The molecule has 2 heterocycles. The number of carbonyl (C=O) groups is 1. The number of rotatable bonds is 6. The SMILES string of the molecule is CCOC(=O)Cn1nc(C2CC2)c2c(C(F)(F)F)cc(-c3cccc(OC)c3)nc21. The minimum Gasteiger partial charge on any atom is -0.497 e. The summed E-state index contributed by atoms with van der Waals surface area (Å²) in [5, 5.41) is 4.30. The lowest BCUT2D eigenvalue weighted by molar-refractivity contribution is -0.144. The van der Waals surface area contributed by atoms with Gasteiger partial charge in [-0.2, -0.15) is 18.3 Å². The zero-order chi connectivity index (χ0) is 21.5.